The van der Waals surface area contributed by atoms with Crippen LogP contribution in [0.25, 0.3) is 0 Å². The van der Waals surface area contributed by atoms with Crippen LogP contribution in [0.1, 0.15) is 28.7 Å². The Morgan fingerprint density at radius 1 is 1.17 bits per heavy atom. The lowest BCUT2D eigenvalue weighted by Gasteiger charge is -2.22. The third kappa shape index (κ3) is 4.86. The van der Waals surface area contributed by atoms with E-state index in [-0.39, 0.29) is 18.6 Å². The van der Waals surface area contributed by atoms with Crippen LogP contribution < -0.4 is 10.1 Å². The summed E-state index contributed by atoms with van der Waals surface area (Å²) in [6.45, 7) is 6.44. The van der Waals surface area contributed by atoms with Gasteiger partial charge in [-0.2, -0.15) is 0 Å². The van der Waals surface area contributed by atoms with Crippen LogP contribution in [0.5, 0.6) is 5.75 Å². The van der Waals surface area contributed by atoms with E-state index in [1.54, 1.807) is 0 Å². The fourth-order valence-electron chi connectivity index (χ4n) is 2.38. The van der Waals surface area contributed by atoms with E-state index in [0.717, 1.165) is 17.1 Å². The lowest BCUT2D eigenvalue weighted by Crippen LogP contribution is -2.36. The quantitative estimate of drug-likeness (QED) is 0.848. The third-order valence-corrected chi connectivity index (χ3v) is 4.05. The number of hydrogen-bond donors (Lipinski definition) is 1. The molecule has 1 amide bonds. The van der Waals surface area contributed by atoms with Gasteiger partial charge in [-0.15, -0.1) is 0 Å². The number of aryl methyl sites for hydroxylation is 3. The van der Waals surface area contributed by atoms with Gasteiger partial charge in [-0.05, 0) is 70.3 Å². The number of nitrogens with one attached hydrogen (secondary N) is 1. The highest BCUT2D eigenvalue weighted by atomic mass is 16.5. The standard InChI is InChI=1S/C19H26N2O3/c1-13-6-8-16(10-14(13)2)23-12-19(22)20-11-17(21(4)5)18-9-7-15(3)24-18/h6-10,17H,11-12H2,1-5H3,(H,20,22)/t17-/m1/s1. The van der Waals surface area contributed by atoms with Crippen LogP contribution in [0.15, 0.2) is 34.7 Å². The van der Waals surface area contributed by atoms with Crippen LogP contribution in [0, 0.1) is 20.8 Å². The minimum Gasteiger partial charge on any atom is -0.484 e. The fourth-order valence-corrected chi connectivity index (χ4v) is 2.38. The van der Waals surface area contributed by atoms with E-state index in [1.165, 1.54) is 5.56 Å². The van der Waals surface area contributed by atoms with Crippen molar-refractivity contribution in [1.82, 2.24) is 10.2 Å². The molecule has 0 spiro atoms. The highest BCUT2D eigenvalue weighted by Crippen LogP contribution is 2.20. The zero-order valence-electron chi connectivity index (χ0n) is 15.1. The number of hydrogen-bond acceptors (Lipinski definition) is 4. The van der Waals surface area contributed by atoms with Gasteiger partial charge in [0.15, 0.2) is 6.61 Å². The molecule has 1 aromatic heterocycles. The van der Waals surface area contributed by atoms with E-state index < -0.39 is 0 Å². The maximum atomic E-state index is 12.0. The van der Waals surface area contributed by atoms with Crippen molar-refractivity contribution in [3.8, 4) is 5.75 Å². The van der Waals surface area contributed by atoms with Gasteiger partial charge in [-0.25, -0.2) is 0 Å². The molecule has 1 atom stereocenters. The van der Waals surface area contributed by atoms with Gasteiger partial charge in [0.2, 0.25) is 0 Å². The highest BCUT2D eigenvalue weighted by molar-refractivity contribution is 5.77. The molecule has 1 N–H and O–H groups in total. The maximum absolute atomic E-state index is 12.0. The van der Waals surface area contributed by atoms with Crippen LogP contribution in [0.4, 0.5) is 0 Å². The number of benzene rings is 1. The maximum Gasteiger partial charge on any atom is 0.258 e. The molecule has 0 bridgehead atoms. The number of carbonyl (C=O) groups is 1. The number of carbonyl (C=O) groups excluding carboxylic acids is 1. The van der Waals surface area contributed by atoms with E-state index in [9.17, 15) is 4.79 Å². The summed E-state index contributed by atoms with van der Waals surface area (Å²) in [4.78, 5) is 14.1. The van der Waals surface area contributed by atoms with Crippen molar-refractivity contribution in [2.45, 2.75) is 26.8 Å². The molecule has 5 heteroatoms. The van der Waals surface area contributed by atoms with Crippen molar-refractivity contribution < 1.29 is 13.9 Å². The number of furan rings is 1. The molecular formula is C19H26N2O3. The molecule has 1 aromatic carbocycles. The molecule has 5 nitrogen and oxygen atoms in total. The summed E-state index contributed by atoms with van der Waals surface area (Å²) >= 11 is 0. The van der Waals surface area contributed by atoms with E-state index in [0.29, 0.717) is 12.3 Å². The van der Waals surface area contributed by atoms with Gasteiger partial charge in [0.05, 0.1) is 6.04 Å². The van der Waals surface area contributed by atoms with Gasteiger partial charge >= 0.3 is 0 Å². The SMILES string of the molecule is Cc1ccc([C@@H](CNC(=O)COc2ccc(C)c(C)c2)N(C)C)o1. The molecule has 0 unspecified atom stereocenters. The fraction of sp³-hybridized carbons (Fsp3) is 0.421. The third-order valence-electron chi connectivity index (χ3n) is 4.05. The molecule has 2 rings (SSSR count). The number of nitrogens with zero attached hydrogens (tertiary/aromatic N) is 1. The summed E-state index contributed by atoms with van der Waals surface area (Å²) in [5.74, 6) is 2.26. The van der Waals surface area contributed by atoms with Crippen molar-refractivity contribution in [3.05, 3.63) is 53.0 Å². The molecule has 0 fully saturated rings. The smallest absolute Gasteiger partial charge is 0.258 e. The monoisotopic (exact) mass is 330 g/mol. The summed E-state index contributed by atoms with van der Waals surface area (Å²) < 4.78 is 11.2. The predicted octanol–water partition coefficient (Wildman–Crippen LogP) is 3.00. The minimum absolute atomic E-state index is 0.000167. The predicted molar refractivity (Wildman–Crippen MR) is 94.3 cm³/mol. The normalized spacial score (nSPS) is 12.2. The first-order chi connectivity index (χ1) is 11.4. The summed E-state index contributed by atoms with van der Waals surface area (Å²) in [7, 11) is 3.92. The van der Waals surface area contributed by atoms with Gasteiger partial charge < -0.3 is 14.5 Å². The van der Waals surface area contributed by atoms with Crippen molar-refractivity contribution in [1.29, 1.82) is 0 Å². The first-order valence-electron chi connectivity index (χ1n) is 8.06. The highest BCUT2D eigenvalue weighted by Gasteiger charge is 2.18. The summed E-state index contributed by atoms with van der Waals surface area (Å²) in [5, 5.41) is 2.90. The molecule has 0 aliphatic carbocycles. The Bertz CT molecular complexity index is 692. The molecule has 130 valence electrons. The van der Waals surface area contributed by atoms with Crippen LogP contribution in [0.2, 0.25) is 0 Å². The van der Waals surface area contributed by atoms with Crippen molar-refractivity contribution in [2.24, 2.45) is 0 Å². The zero-order valence-corrected chi connectivity index (χ0v) is 15.1. The Kier molecular flexibility index (Phi) is 6.04. The first kappa shape index (κ1) is 18.1. The molecule has 0 saturated carbocycles. The molecule has 2 aromatic rings. The van der Waals surface area contributed by atoms with E-state index in [1.807, 2.05) is 70.1 Å². The van der Waals surface area contributed by atoms with E-state index in [2.05, 4.69) is 5.32 Å². The summed E-state index contributed by atoms with van der Waals surface area (Å²) in [5.41, 5.74) is 2.35. The summed E-state index contributed by atoms with van der Waals surface area (Å²) in [6.07, 6.45) is 0. The lowest BCUT2D eigenvalue weighted by molar-refractivity contribution is -0.123. The van der Waals surface area contributed by atoms with Gasteiger partial charge in [0, 0.05) is 6.54 Å². The van der Waals surface area contributed by atoms with Gasteiger partial charge in [-0.1, -0.05) is 6.07 Å². The Hall–Kier alpha value is -2.27. The van der Waals surface area contributed by atoms with Gasteiger partial charge in [0.25, 0.3) is 5.91 Å². The Morgan fingerprint density at radius 3 is 2.50 bits per heavy atom. The molecule has 0 radical (unpaired) electrons. The van der Waals surface area contributed by atoms with Crippen LogP contribution in [-0.4, -0.2) is 38.1 Å². The largest absolute Gasteiger partial charge is 0.484 e. The van der Waals surface area contributed by atoms with Gasteiger partial charge in [0.1, 0.15) is 17.3 Å². The van der Waals surface area contributed by atoms with Crippen molar-refractivity contribution in [3.63, 3.8) is 0 Å². The van der Waals surface area contributed by atoms with Crippen molar-refractivity contribution in [2.75, 3.05) is 27.2 Å². The first-order valence-corrected chi connectivity index (χ1v) is 8.06. The molecule has 0 aliphatic rings. The molecule has 0 saturated heterocycles. The summed E-state index contributed by atoms with van der Waals surface area (Å²) in [6, 6.07) is 9.67. The molecule has 0 aliphatic heterocycles. The molecule has 24 heavy (non-hydrogen) atoms. The average molecular weight is 330 g/mol. The van der Waals surface area contributed by atoms with Crippen LogP contribution >= 0.6 is 0 Å². The lowest BCUT2D eigenvalue weighted by atomic mass is 10.1. The number of likely N-dealkylation sites (N-methyl/N-ethyl adjacent to an activating group) is 1. The van der Waals surface area contributed by atoms with E-state index in [4.69, 9.17) is 9.15 Å². The minimum atomic E-state index is -0.150. The van der Waals surface area contributed by atoms with E-state index >= 15 is 0 Å². The number of rotatable bonds is 7. The molecular weight excluding hydrogens is 304 g/mol. The Morgan fingerprint density at radius 2 is 1.92 bits per heavy atom. The second kappa shape index (κ2) is 8.02. The second-order valence-electron chi connectivity index (χ2n) is 6.27. The second-order valence-corrected chi connectivity index (χ2v) is 6.27. The van der Waals surface area contributed by atoms with Gasteiger partial charge in [-0.3, -0.25) is 9.69 Å². The van der Waals surface area contributed by atoms with Crippen molar-refractivity contribution >= 4 is 5.91 Å². The Labute approximate surface area is 143 Å². The topological polar surface area (TPSA) is 54.7 Å². The Balaban J connectivity index is 1.86. The zero-order chi connectivity index (χ0) is 17.7. The van der Waals surface area contributed by atoms with Crippen LogP contribution in [-0.2, 0) is 4.79 Å². The number of amides is 1. The van der Waals surface area contributed by atoms with Crippen LogP contribution in [0.3, 0.4) is 0 Å². The molecule has 1 heterocycles. The average Bonchev–Trinajstić information content (AvgIpc) is 2.94. The number of ether oxygens (including phenoxy) is 1.